The zero-order valence-corrected chi connectivity index (χ0v) is 11.1. The van der Waals surface area contributed by atoms with Gasteiger partial charge in [0.15, 0.2) is 0 Å². The van der Waals surface area contributed by atoms with Crippen molar-refractivity contribution in [3.8, 4) is 0 Å². The first-order valence-corrected chi connectivity index (χ1v) is 6.21. The van der Waals surface area contributed by atoms with E-state index in [1.165, 1.54) is 0 Å². The Morgan fingerprint density at radius 3 is 2.67 bits per heavy atom. The summed E-state index contributed by atoms with van der Waals surface area (Å²) in [6.07, 6.45) is -4.69. The van der Waals surface area contributed by atoms with Gasteiger partial charge in [-0.3, -0.25) is 4.79 Å². The molecule has 1 aromatic carbocycles. The Labute approximate surface area is 115 Å². The van der Waals surface area contributed by atoms with Crippen LogP contribution in [-0.4, -0.2) is 23.3 Å². The van der Waals surface area contributed by atoms with Gasteiger partial charge in [-0.2, -0.15) is 13.2 Å². The molecule has 1 aliphatic heterocycles. The topological polar surface area (TPSA) is 49.3 Å². The molecule has 1 heterocycles. The number of nitrogens with one attached hydrogen (secondary N) is 1. The van der Waals surface area contributed by atoms with Gasteiger partial charge in [0.1, 0.15) is 6.04 Å². The molecule has 3 nitrogen and oxygen atoms in total. The molecule has 2 atom stereocenters. The first-order valence-electron chi connectivity index (χ1n) is 5.13. The molecule has 0 bridgehead atoms. The van der Waals surface area contributed by atoms with Crippen LogP contribution in [-0.2, 0) is 11.2 Å². The Morgan fingerprint density at radius 1 is 1.44 bits per heavy atom. The van der Waals surface area contributed by atoms with E-state index in [2.05, 4.69) is 5.32 Å². The first-order chi connectivity index (χ1) is 8.29. The second-order valence-electron chi connectivity index (χ2n) is 4.11. The van der Waals surface area contributed by atoms with E-state index in [9.17, 15) is 18.0 Å². The van der Waals surface area contributed by atoms with E-state index in [-0.39, 0.29) is 6.42 Å². The number of aliphatic carboxylic acids is 1. The lowest BCUT2D eigenvalue weighted by molar-refractivity contribution is -0.169. The van der Waals surface area contributed by atoms with Crippen molar-refractivity contribution in [2.24, 2.45) is 5.92 Å². The zero-order valence-electron chi connectivity index (χ0n) is 8.96. The van der Waals surface area contributed by atoms with E-state index in [1.807, 2.05) is 22.6 Å². The molecule has 0 unspecified atom stereocenters. The van der Waals surface area contributed by atoms with Gasteiger partial charge in [-0.1, -0.05) is 0 Å². The number of alkyl halides is 3. The molecule has 0 spiro atoms. The lowest BCUT2D eigenvalue weighted by atomic mass is 9.87. The third-order valence-corrected chi connectivity index (χ3v) is 3.56. The van der Waals surface area contributed by atoms with Gasteiger partial charge in [-0.05, 0) is 52.8 Å². The molecule has 1 aliphatic rings. The fourth-order valence-electron chi connectivity index (χ4n) is 2.03. The van der Waals surface area contributed by atoms with Gasteiger partial charge in [0.25, 0.3) is 0 Å². The Morgan fingerprint density at radius 2 is 2.11 bits per heavy atom. The van der Waals surface area contributed by atoms with E-state index in [0.29, 0.717) is 11.3 Å². The highest BCUT2D eigenvalue weighted by atomic mass is 127. The number of carbonyl (C=O) groups is 1. The molecule has 1 aromatic rings. The van der Waals surface area contributed by atoms with Crippen LogP contribution in [0.1, 0.15) is 5.56 Å². The van der Waals surface area contributed by atoms with Crippen molar-refractivity contribution in [2.45, 2.75) is 18.6 Å². The first kappa shape index (κ1) is 13.4. The number of hydrogen-bond acceptors (Lipinski definition) is 2. The minimum absolute atomic E-state index is 0.112. The molecule has 0 amide bonds. The molecule has 18 heavy (non-hydrogen) atoms. The lowest BCUT2D eigenvalue weighted by Gasteiger charge is -2.33. The molecule has 0 radical (unpaired) electrons. The van der Waals surface area contributed by atoms with Crippen LogP contribution in [0.3, 0.4) is 0 Å². The second-order valence-corrected chi connectivity index (χ2v) is 5.36. The monoisotopic (exact) mass is 371 g/mol. The van der Waals surface area contributed by atoms with Crippen molar-refractivity contribution in [2.75, 3.05) is 5.32 Å². The zero-order chi connectivity index (χ0) is 13.5. The Kier molecular flexibility index (Phi) is 3.43. The highest BCUT2D eigenvalue weighted by Crippen LogP contribution is 2.37. The predicted molar refractivity (Wildman–Crippen MR) is 67.5 cm³/mol. The fraction of sp³-hybridized carbons (Fsp3) is 0.364. The number of carboxylic acid groups (broad SMARTS) is 1. The third kappa shape index (κ3) is 2.55. The molecule has 98 valence electrons. The highest BCUT2D eigenvalue weighted by molar-refractivity contribution is 14.1. The summed E-state index contributed by atoms with van der Waals surface area (Å²) in [6, 6.07) is 2.89. The Bertz CT molecular complexity index is 490. The molecule has 0 aromatic heterocycles. The maximum Gasteiger partial charge on any atom is 0.409 e. The number of benzene rings is 1. The van der Waals surface area contributed by atoms with Crippen LogP contribution in [0.5, 0.6) is 0 Å². The van der Waals surface area contributed by atoms with Crippen molar-refractivity contribution >= 4 is 34.2 Å². The molecule has 0 saturated heterocycles. The van der Waals surface area contributed by atoms with Gasteiger partial charge in [0.05, 0.1) is 5.92 Å². The van der Waals surface area contributed by atoms with Gasteiger partial charge in [0, 0.05) is 9.26 Å². The molecule has 2 rings (SSSR count). The normalized spacial score (nSPS) is 23.1. The molecule has 2 N–H and O–H groups in total. The highest BCUT2D eigenvalue weighted by Gasteiger charge is 2.49. The Balaban J connectivity index is 2.40. The number of fused-ring (bicyclic) bond motifs is 1. The SMILES string of the molecule is O=C(O)[C@@H]1Cc2cc(I)ccc2N[C@@H]1C(F)(F)F. The van der Waals surface area contributed by atoms with Crippen LogP contribution in [0.2, 0.25) is 0 Å². The van der Waals surface area contributed by atoms with Gasteiger partial charge >= 0.3 is 12.1 Å². The summed E-state index contributed by atoms with van der Waals surface area (Å²) in [4.78, 5) is 11.0. The molecular weight excluding hydrogens is 362 g/mol. The van der Waals surface area contributed by atoms with E-state index in [4.69, 9.17) is 5.11 Å². The number of hydrogen-bond donors (Lipinski definition) is 2. The number of carboxylic acids is 1. The summed E-state index contributed by atoms with van der Waals surface area (Å²) in [7, 11) is 0. The average Bonchev–Trinajstić information content (AvgIpc) is 2.25. The molecule has 7 heteroatoms. The minimum Gasteiger partial charge on any atom is -0.481 e. The van der Waals surface area contributed by atoms with E-state index in [1.54, 1.807) is 18.2 Å². The van der Waals surface area contributed by atoms with Gasteiger partial charge < -0.3 is 10.4 Å². The van der Waals surface area contributed by atoms with Crippen LogP contribution >= 0.6 is 22.6 Å². The van der Waals surface area contributed by atoms with Crippen molar-refractivity contribution in [1.29, 1.82) is 0 Å². The van der Waals surface area contributed by atoms with Crippen LogP contribution < -0.4 is 5.32 Å². The third-order valence-electron chi connectivity index (χ3n) is 2.89. The summed E-state index contributed by atoms with van der Waals surface area (Å²) in [6.45, 7) is 0. The maximum atomic E-state index is 12.8. The number of anilines is 1. The summed E-state index contributed by atoms with van der Waals surface area (Å²) in [5.74, 6) is -2.93. The average molecular weight is 371 g/mol. The molecule has 0 fully saturated rings. The van der Waals surface area contributed by atoms with Crippen molar-refractivity contribution in [3.05, 3.63) is 27.3 Å². The second kappa shape index (κ2) is 4.60. The quantitative estimate of drug-likeness (QED) is 0.747. The van der Waals surface area contributed by atoms with Crippen LogP contribution in [0.25, 0.3) is 0 Å². The summed E-state index contributed by atoms with van der Waals surface area (Å²) >= 11 is 2.03. The van der Waals surface area contributed by atoms with Crippen LogP contribution in [0, 0.1) is 9.49 Å². The van der Waals surface area contributed by atoms with Crippen LogP contribution in [0.4, 0.5) is 18.9 Å². The van der Waals surface area contributed by atoms with Crippen molar-refractivity contribution in [3.63, 3.8) is 0 Å². The van der Waals surface area contributed by atoms with E-state index in [0.717, 1.165) is 3.57 Å². The molecular formula is C11H9F3INO2. The lowest BCUT2D eigenvalue weighted by Crippen LogP contribution is -2.49. The largest absolute Gasteiger partial charge is 0.481 e. The smallest absolute Gasteiger partial charge is 0.409 e. The maximum absolute atomic E-state index is 12.8. The van der Waals surface area contributed by atoms with Gasteiger partial charge in [-0.25, -0.2) is 0 Å². The van der Waals surface area contributed by atoms with E-state index < -0.39 is 24.1 Å². The Hall–Kier alpha value is -0.990. The van der Waals surface area contributed by atoms with Gasteiger partial charge in [0.2, 0.25) is 0 Å². The summed E-state index contributed by atoms with van der Waals surface area (Å²) < 4.78 is 39.3. The standard InChI is InChI=1S/C11H9F3INO2/c12-11(13,14)9-7(10(17)18)4-5-3-6(15)1-2-8(5)16-9/h1-3,7,9,16H,4H2,(H,17,18)/t7-,9+/m1/s1. The predicted octanol–water partition coefficient (Wildman–Crippen LogP) is 2.89. The summed E-state index contributed by atoms with van der Waals surface area (Å²) in [5.41, 5.74) is 0.963. The molecule has 0 saturated carbocycles. The number of halogens is 4. The number of rotatable bonds is 1. The van der Waals surface area contributed by atoms with Gasteiger partial charge in [-0.15, -0.1) is 0 Å². The van der Waals surface area contributed by atoms with Crippen LogP contribution in [0.15, 0.2) is 18.2 Å². The van der Waals surface area contributed by atoms with E-state index >= 15 is 0 Å². The molecule has 0 aliphatic carbocycles. The van der Waals surface area contributed by atoms with Crippen molar-refractivity contribution in [1.82, 2.24) is 0 Å². The minimum atomic E-state index is -4.58. The fourth-order valence-corrected chi connectivity index (χ4v) is 2.59. The van der Waals surface area contributed by atoms with Crippen molar-refractivity contribution < 1.29 is 23.1 Å². The summed E-state index contributed by atoms with van der Waals surface area (Å²) in [5, 5.41) is 11.2.